The lowest BCUT2D eigenvalue weighted by Crippen LogP contribution is -2.50. The summed E-state index contributed by atoms with van der Waals surface area (Å²) in [6.45, 7) is 4.54. The van der Waals surface area contributed by atoms with E-state index in [2.05, 4.69) is 4.90 Å². The Morgan fingerprint density at radius 3 is 2.39 bits per heavy atom. The summed E-state index contributed by atoms with van der Waals surface area (Å²) in [5.74, 6) is 0. The Kier molecular flexibility index (Phi) is 4.68. The van der Waals surface area contributed by atoms with Crippen LogP contribution in [0.2, 0.25) is 0 Å². The molecule has 6 heteroatoms. The first-order chi connectivity index (χ1) is 11.0. The molecule has 23 heavy (non-hydrogen) atoms. The molecular formula is C17H22N2O3S. The van der Waals surface area contributed by atoms with Gasteiger partial charge in [-0.3, -0.25) is 4.90 Å². The molecule has 1 N–H and O–H groups in total. The lowest BCUT2D eigenvalue weighted by molar-refractivity contribution is 0.103. The Morgan fingerprint density at radius 1 is 1.04 bits per heavy atom. The van der Waals surface area contributed by atoms with Crippen molar-refractivity contribution in [3.63, 3.8) is 0 Å². The minimum atomic E-state index is -3.50. The number of aliphatic hydroxyl groups is 1. The number of piperazine rings is 1. The molecule has 0 bridgehead atoms. The van der Waals surface area contributed by atoms with Crippen LogP contribution in [0.25, 0.3) is 10.8 Å². The highest BCUT2D eigenvalue weighted by molar-refractivity contribution is 7.89. The zero-order valence-corrected chi connectivity index (χ0v) is 14.0. The summed E-state index contributed by atoms with van der Waals surface area (Å²) < 4.78 is 27.5. The summed E-state index contributed by atoms with van der Waals surface area (Å²) in [6, 6.07) is 12.9. The van der Waals surface area contributed by atoms with Crippen LogP contribution < -0.4 is 0 Å². The molecule has 3 rings (SSSR count). The molecule has 1 atom stereocenters. The highest BCUT2D eigenvalue weighted by Gasteiger charge is 2.29. The molecule has 0 radical (unpaired) electrons. The highest BCUT2D eigenvalue weighted by Crippen LogP contribution is 2.26. The molecule has 2 aromatic rings. The third-order valence-corrected chi connectivity index (χ3v) is 6.18. The number of fused-ring (bicyclic) bond motifs is 1. The first-order valence-corrected chi connectivity index (χ1v) is 9.31. The van der Waals surface area contributed by atoms with Gasteiger partial charge in [0.25, 0.3) is 0 Å². The number of β-amino-alcohol motifs (C(OH)–C–C–N with tert-alkyl or cyclic N) is 1. The Labute approximate surface area is 137 Å². The molecule has 1 aliphatic rings. The maximum atomic E-state index is 13.0. The second-order valence-corrected chi connectivity index (χ2v) is 7.94. The van der Waals surface area contributed by atoms with E-state index < -0.39 is 16.1 Å². The van der Waals surface area contributed by atoms with Gasteiger partial charge in [0.15, 0.2) is 0 Å². The van der Waals surface area contributed by atoms with Gasteiger partial charge in [-0.2, -0.15) is 4.31 Å². The number of aliphatic hydroxyl groups excluding tert-OH is 1. The van der Waals surface area contributed by atoms with E-state index in [1.165, 1.54) is 0 Å². The van der Waals surface area contributed by atoms with Gasteiger partial charge in [-0.25, -0.2) is 8.42 Å². The number of hydrogen-bond acceptors (Lipinski definition) is 4. The topological polar surface area (TPSA) is 60.9 Å². The second-order valence-electron chi connectivity index (χ2n) is 6.03. The smallest absolute Gasteiger partial charge is 0.243 e. The Hall–Kier alpha value is -1.47. The minimum absolute atomic E-state index is 0.375. The number of benzene rings is 2. The molecule has 1 fully saturated rings. The van der Waals surface area contributed by atoms with Crippen LogP contribution in [-0.4, -0.2) is 61.6 Å². The fourth-order valence-electron chi connectivity index (χ4n) is 3.09. The summed E-state index contributed by atoms with van der Waals surface area (Å²) in [4.78, 5) is 2.47. The lowest BCUT2D eigenvalue weighted by Gasteiger charge is -2.34. The predicted molar refractivity (Wildman–Crippen MR) is 90.8 cm³/mol. The van der Waals surface area contributed by atoms with Crippen molar-refractivity contribution in [2.45, 2.75) is 17.9 Å². The fourth-order valence-corrected chi connectivity index (χ4v) is 4.72. The van der Waals surface area contributed by atoms with Gasteiger partial charge in [-0.05, 0) is 18.4 Å². The molecule has 1 heterocycles. The summed E-state index contributed by atoms with van der Waals surface area (Å²) in [7, 11) is -3.50. The maximum absolute atomic E-state index is 13.0. The van der Waals surface area contributed by atoms with Crippen molar-refractivity contribution >= 4 is 20.8 Å². The average Bonchev–Trinajstić information content (AvgIpc) is 2.54. The summed E-state index contributed by atoms with van der Waals surface area (Å²) in [5.41, 5.74) is 0. The van der Waals surface area contributed by atoms with E-state index in [0.717, 1.165) is 10.8 Å². The van der Waals surface area contributed by atoms with Gasteiger partial charge in [-0.1, -0.05) is 36.4 Å². The van der Waals surface area contributed by atoms with Gasteiger partial charge >= 0.3 is 0 Å². The predicted octanol–water partition coefficient (Wildman–Crippen LogP) is 1.53. The fraction of sp³-hybridized carbons (Fsp3) is 0.412. The molecule has 124 valence electrons. The van der Waals surface area contributed by atoms with Crippen molar-refractivity contribution in [1.29, 1.82) is 0 Å². The van der Waals surface area contributed by atoms with Crippen molar-refractivity contribution in [3.05, 3.63) is 42.5 Å². The molecule has 1 aliphatic heterocycles. The van der Waals surface area contributed by atoms with Gasteiger partial charge in [0.1, 0.15) is 0 Å². The van der Waals surface area contributed by atoms with Crippen LogP contribution in [0.4, 0.5) is 0 Å². The Balaban J connectivity index is 1.85. The number of nitrogens with zero attached hydrogens (tertiary/aromatic N) is 2. The van der Waals surface area contributed by atoms with E-state index in [9.17, 15) is 13.5 Å². The molecule has 0 amide bonds. The monoisotopic (exact) mass is 334 g/mol. The Bertz CT molecular complexity index is 776. The van der Waals surface area contributed by atoms with Gasteiger partial charge in [0, 0.05) is 38.1 Å². The van der Waals surface area contributed by atoms with Crippen molar-refractivity contribution in [2.24, 2.45) is 0 Å². The molecule has 2 aromatic carbocycles. The van der Waals surface area contributed by atoms with E-state index in [1.54, 1.807) is 23.4 Å². The summed E-state index contributed by atoms with van der Waals surface area (Å²) >= 11 is 0. The third-order valence-electron chi connectivity index (χ3n) is 4.22. The van der Waals surface area contributed by atoms with Gasteiger partial charge in [0.05, 0.1) is 11.0 Å². The van der Waals surface area contributed by atoms with Crippen LogP contribution in [-0.2, 0) is 10.0 Å². The SMILES string of the molecule is C[C@@H](O)CN1CCN(S(=O)(=O)c2cccc3ccccc23)CC1. The molecule has 0 unspecified atom stereocenters. The van der Waals surface area contributed by atoms with Crippen LogP contribution in [0.3, 0.4) is 0 Å². The minimum Gasteiger partial charge on any atom is -0.392 e. The Morgan fingerprint density at radius 2 is 1.70 bits per heavy atom. The van der Waals surface area contributed by atoms with Crippen LogP contribution in [0.1, 0.15) is 6.92 Å². The van der Waals surface area contributed by atoms with Crippen LogP contribution in [0, 0.1) is 0 Å². The van der Waals surface area contributed by atoms with Gasteiger partial charge < -0.3 is 5.11 Å². The number of sulfonamides is 1. The van der Waals surface area contributed by atoms with Crippen molar-refractivity contribution in [3.8, 4) is 0 Å². The zero-order chi connectivity index (χ0) is 16.4. The van der Waals surface area contributed by atoms with Crippen molar-refractivity contribution < 1.29 is 13.5 Å². The standard InChI is InChI=1S/C17H22N2O3S/c1-14(20)13-18-9-11-19(12-10-18)23(21,22)17-8-4-6-15-5-2-3-7-16(15)17/h2-8,14,20H,9-13H2,1H3/t14-/m1/s1. The lowest BCUT2D eigenvalue weighted by atomic mass is 10.1. The normalized spacial score (nSPS) is 19.0. The first kappa shape index (κ1) is 16.4. The van der Waals surface area contributed by atoms with Crippen LogP contribution in [0.15, 0.2) is 47.4 Å². The third kappa shape index (κ3) is 3.40. The van der Waals surface area contributed by atoms with Crippen molar-refractivity contribution in [1.82, 2.24) is 9.21 Å². The van der Waals surface area contributed by atoms with E-state index in [4.69, 9.17) is 0 Å². The van der Waals surface area contributed by atoms with E-state index in [-0.39, 0.29) is 0 Å². The van der Waals surface area contributed by atoms with E-state index in [1.807, 2.05) is 30.3 Å². The van der Waals surface area contributed by atoms with Gasteiger partial charge in [0.2, 0.25) is 10.0 Å². The number of rotatable bonds is 4. The molecular weight excluding hydrogens is 312 g/mol. The van der Waals surface area contributed by atoms with Gasteiger partial charge in [-0.15, -0.1) is 0 Å². The van der Waals surface area contributed by atoms with E-state index in [0.29, 0.717) is 37.6 Å². The molecule has 0 spiro atoms. The quantitative estimate of drug-likeness (QED) is 0.921. The molecule has 0 aliphatic carbocycles. The van der Waals surface area contributed by atoms with Crippen molar-refractivity contribution in [2.75, 3.05) is 32.7 Å². The van der Waals surface area contributed by atoms with Crippen LogP contribution >= 0.6 is 0 Å². The van der Waals surface area contributed by atoms with E-state index >= 15 is 0 Å². The molecule has 0 aromatic heterocycles. The van der Waals surface area contributed by atoms with Crippen LogP contribution in [0.5, 0.6) is 0 Å². The zero-order valence-electron chi connectivity index (χ0n) is 13.2. The molecule has 0 saturated carbocycles. The maximum Gasteiger partial charge on any atom is 0.243 e. The largest absolute Gasteiger partial charge is 0.392 e. The second kappa shape index (κ2) is 6.57. The highest BCUT2D eigenvalue weighted by atomic mass is 32.2. The molecule has 1 saturated heterocycles. The molecule has 5 nitrogen and oxygen atoms in total. The first-order valence-electron chi connectivity index (χ1n) is 7.87. The summed E-state index contributed by atoms with van der Waals surface area (Å²) in [5, 5.41) is 11.2. The number of hydrogen-bond donors (Lipinski definition) is 1. The summed E-state index contributed by atoms with van der Waals surface area (Å²) in [6.07, 6.45) is -0.392. The average molecular weight is 334 g/mol.